The number of benzene rings is 1. The first-order valence-electron chi connectivity index (χ1n) is 6.96. The van der Waals surface area contributed by atoms with Crippen molar-refractivity contribution in [2.45, 2.75) is 24.2 Å². The monoisotopic (exact) mass is 308 g/mol. The number of carbonyl (C=O) groups is 1. The smallest absolute Gasteiger partial charge is 0.319 e. The van der Waals surface area contributed by atoms with E-state index in [1.807, 2.05) is 0 Å². The van der Waals surface area contributed by atoms with Crippen molar-refractivity contribution < 1.29 is 13.2 Å². The van der Waals surface area contributed by atoms with Gasteiger partial charge in [-0.2, -0.15) is 0 Å². The van der Waals surface area contributed by atoms with Crippen molar-refractivity contribution in [3.8, 4) is 0 Å². The van der Waals surface area contributed by atoms with Gasteiger partial charge in [-0.3, -0.25) is 0 Å². The lowest BCUT2D eigenvalue weighted by Gasteiger charge is -2.18. The maximum Gasteiger partial charge on any atom is 0.319 e. The first-order chi connectivity index (χ1) is 9.97. The van der Waals surface area contributed by atoms with Crippen LogP contribution in [0.1, 0.15) is 19.3 Å². The predicted molar refractivity (Wildman–Crippen MR) is 83.1 cm³/mol. The first-order valence-corrected chi connectivity index (χ1v) is 8.85. The molecular weight excluding hydrogens is 288 g/mol. The van der Waals surface area contributed by atoms with Crippen LogP contribution in [0.2, 0.25) is 0 Å². The number of urea groups is 1. The van der Waals surface area contributed by atoms with E-state index >= 15 is 0 Å². The summed E-state index contributed by atoms with van der Waals surface area (Å²) in [7, 11) is -3.37. The van der Waals surface area contributed by atoms with Gasteiger partial charge in [-0.1, -0.05) is 24.3 Å². The van der Waals surface area contributed by atoms with Gasteiger partial charge in [-0.15, -0.1) is 0 Å². The summed E-state index contributed by atoms with van der Waals surface area (Å²) in [5, 5.41) is 5.41. The molecule has 6 heteroatoms. The van der Waals surface area contributed by atoms with Gasteiger partial charge in [0.15, 0.2) is 9.84 Å². The molecule has 0 bridgehead atoms. The van der Waals surface area contributed by atoms with E-state index in [-0.39, 0.29) is 10.9 Å². The van der Waals surface area contributed by atoms with Gasteiger partial charge in [0.2, 0.25) is 0 Å². The van der Waals surface area contributed by atoms with E-state index < -0.39 is 9.84 Å². The van der Waals surface area contributed by atoms with Crippen molar-refractivity contribution >= 4 is 21.6 Å². The van der Waals surface area contributed by atoms with Crippen LogP contribution in [-0.4, -0.2) is 27.2 Å². The fourth-order valence-corrected chi connectivity index (χ4v) is 3.18. The molecule has 0 spiro atoms. The van der Waals surface area contributed by atoms with Crippen LogP contribution < -0.4 is 10.6 Å². The second-order valence-corrected chi connectivity index (χ2v) is 7.24. The van der Waals surface area contributed by atoms with Gasteiger partial charge in [-0.05, 0) is 37.3 Å². The topological polar surface area (TPSA) is 75.3 Å². The highest BCUT2D eigenvalue weighted by atomic mass is 32.2. The molecule has 0 aliphatic heterocycles. The van der Waals surface area contributed by atoms with Crippen LogP contribution in [-0.2, 0) is 9.84 Å². The van der Waals surface area contributed by atoms with Crippen molar-refractivity contribution in [1.29, 1.82) is 0 Å². The number of rotatable bonds is 4. The SMILES string of the molecule is CS(=O)(=O)c1ccccc1NC(=O)NC[C@H]1CC=CCC1. The zero-order chi connectivity index (χ0) is 15.3. The molecule has 0 fully saturated rings. The molecule has 21 heavy (non-hydrogen) atoms. The van der Waals surface area contributed by atoms with Crippen molar-refractivity contribution in [2.24, 2.45) is 5.92 Å². The standard InChI is InChI=1S/C15H20N2O3S/c1-21(19,20)14-10-6-5-9-13(14)17-15(18)16-11-12-7-3-2-4-8-12/h2-3,5-6,9-10,12H,4,7-8,11H2,1H3,(H2,16,17,18)/t12-/m0/s1. The molecule has 1 aromatic rings. The molecule has 1 aromatic carbocycles. The average molecular weight is 308 g/mol. The van der Waals surface area contributed by atoms with Gasteiger partial charge < -0.3 is 10.6 Å². The van der Waals surface area contributed by atoms with Gasteiger partial charge in [0.1, 0.15) is 0 Å². The molecule has 1 aliphatic carbocycles. The van der Waals surface area contributed by atoms with Crippen LogP contribution in [0.5, 0.6) is 0 Å². The highest BCUT2D eigenvalue weighted by Gasteiger charge is 2.15. The number of hydrogen-bond donors (Lipinski definition) is 2. The summed E-state index contributed by atoms with van der Waals surface area (Å²) < 4.78 is 23.3. The average Bonchev–Trinajstić information content (AvgIpc) is 2.46. The summed E-state index contributed by atoms with van der Waals surface area (Å²) >= 11 is 0. The lowest BCUT2D eigenvalue weighted by molar-refractivity contribution is 0.249. The third kappa shape index (κ3) is 4.60. The number of sulfone groups is 1. The Hall–Kier alpha value is -1.82. The van der Waals surface area contributed by atoms with Crippen LogP contribution in [0.15, 0.2) is 41.3 Å². The Balaban J connectivity index is 1.95. The Labute approximate surface area is 125 Å². The molecule has 2 rings (SSSR count). The molecule has 0 heterocycles. The fourth-order valence-electron chi connectivity index (χ4n) is 2.34. The van der Waals surface area contributed by atoms with Gasteiger partial charge >= 0.3 is 6.03 Å². The van der Waals surface area contributed by atoms with Crippen LogP contribution in [0, 0.1) is 5.92 Å². The number of amides is 2. The third-order valence-electron chi connectivity index (χ3n) is 3.46. The lowest BCUT2D eigenvalue weighted by Crippen LogP contribution is -2.33. The minimum Gasteiger partial charge on any atom is -0.338 e. The zero-order valence-corrected chi connectivity index (χ0v) is 12.8. The minimum absolute atomic E-state index is 0.126. The van der Waals surface area contributed by atoms with Crippen LogP contribution in [0.25, 0.3) is 0 Å². The van der Waals surface area contributed by atoms with Crippen molar-refractivity contribution in [1.82, 2.24) is 5.32 Å². The Kier molecular flexibility index (Phi) is 5.01. The molecule has 0 aromatic heterocycles. The number of carbonyl (C=O) groups excluding carboxylic acids is 1. The quantitative estimate of drug-likeness (QED) is 0.839. The molecule has 114 valence electrons. The first kappa shape index (κ1) is 15.6. The molecule has 0 saturated heterocycles. The van der Waals surface area contributed by atoms with Crippen molar-refractivity contribution in [3.05, 3.63) is 36.4 Å². The van der Waals surface area contributed by atoms with Gasteiger partial charge in [0.25, 0.3) is 0 Å². The summed E-state index contributed by atoms with van der Waals surface area (Å²) in [4.78, 5) is 12.0. The zero-order valence-electron chi connectivity index (χ0n) is 12.0. The molecule has 5 nitrogen and oxygen atoms in total. The number of nitrogens with one attached hydrogen (secondary N) is 2. The van der Waals surface area contributed by atoms with E-state index in [9.17, 15) is 13.2 Å². The fraction of sp³-hybridized carbons (Fsp3) is 0.400. The summed E-state index contributed by atoms with van der Waals surface area (Å²) in [6, 6.07) is 6.01. The number of anilines is 1. The highest BCUT2D eigenvalue weighted by Crippen LogP contribution is 2.20. The molecule has 0 unspecified atom stereocenters. The Morgan fingerprint density at radius 1 is 1.29 bits per heavy atom. The number of hydrogen-bond acceptors (Lipinski definition) is 3. The van der Waals surface area contributed by atoms with Gasteiger partial charge in [0, 0.05) is 12.8 Å². The Morgan fingerprint density at radius 2 is 2.05 bits per heavy atom. The molecule has 1 atom stereocenters. The second-order valence-electron chi connectivity index (χ2n) is 5.25. The minimum atomic E-state index is -3.37. The van der Waals surface area contributed by atoms with E-state index in [4.69, 9.17) is 0 Å². The Bertz CT molecular complexity index is 638. The molecule has 0 radical (unpaired) electrons. The third-order valence-corrected chi connectivity index (χ3v) is 4.62. The maximum absolute atomic E-state index is 11.9. The Morgan fingerprint density at radius 3 is 2.71 bits per heavy atom. The van der Waals surface area contributed by atoms with E-state index in [2.05, 4.69) is 22.8 Å². The van der Waals surface area contributed by atoms with E-state index in [1.54, 1.807) is 18.2 Å². The predicted octanol–water partition coefficient (Wildman–Crippen LogP) is 2.57. The highest BCUT2D eigenvalue weighted by molar-refractivity contribution is 7.90. The molecule has 0 saturated carbocycles. The van der Waals surface area contributed by atoms with E-state index in [0.29, 0.717) is 18.2 Å². The molecule has 2 amide bonds. The van der Waals surface area contributed by atoms with Crippen molar-refractivity contribution in [2.75, 3.05) is 18.1 Å². The van der Waals surface area contributed by atoms with Crippen LogP contribution >= 0.6 is 0 Å². The molecular formula is C15H20N2O3S. The number of allylic oxidation sites excluding steroid dienone is 2. The normalized spacial score (nSPS) is 18.2. The van der Waals surface area contributed by atoms with Gasteiger partial charge in [-0.25, -0.2) is 13.2 Å². The van der Waals surface area contributed by atoms with E-state index in [1.165, 1.54) is 6.07 Å². The second kappa shape index (κ2) is 6.76. The molecule has 1 aliphatic rings. The largest absolute Gasteiger partial charge is 0.338 e. The van der Waals surface area contributed by atoms with E-state index in [0.717, 1.165) is 25.5 Å². The lowest BCUT2D eigenvalue weighted by atomic mass is 9.94. The summed E-state index contributed by atoms with van der Waals surface area (Å²) in [5.74, 6) is 0.450. The maximum atomic E-state index is 11.9. The summed E-state index contributed by atoms with van der Waals surface area (Å²) in [5.41, 5.74) is 0.307. The van der Waals surface area contributed by atoms with Gasteiger partial charge in [0.05, 0.1) is 10.6 Å². The van der Waals surface area contributed by atoms with Crippen LogP contribution in [0.3, 0.4) is 0 Å². The van der Waals surface area contributed by atoms with Crippen molar-refractivity contribution in [3.63, 3.8) is 0 Å². The summed E-state index contributed by atoms with van der Waals surface area (Å²) in [6.07, 6.45) is 8.49. The summed E-state index contributed by atoms with van der Waals surface area (Å²) in [6.45, 7) is 0.594. The van der Waals surface area contributed by atoms with Crippen LogP contribution in [0.4, 0.5) is 10.5 Å². The molecule has 2 N–H and O–H groups in total. The number of para-hydroxylation sites is 1.